The van der Waals surface area contributed by atoms with E-state index in [2.05, 4.69) is 0 Å². The topological polar surface area (TPSA) is 86.7 Å². The highest BCUT2D eigenvalue weighted by molar-refractivity contribution is 5.69. The predicted molar refractivity (Wildman–Crippen MR) is 132 cm³/mol. The van der Waals surface area contributed by atoms with Gasteiger partial charge in [0.15, 0.2) is 11.5 Å². The van der Waals surface area contributed by atoms with E-state index in [1.54, 1.807) is 45.4 Å². The molecule has 1 unspecified atom stereocenters. The molecule has 3 aromatic carbocycles. The van der Waals surface area contributed by atoms with Gasteiger partial charge < -0.3 is 28.8 Å². The molecule has 0 amide bonds. The highest BCUT2D eigenvalue weighted by Crippen LogP contribution is 2.37. The Balaban J connectivity index is 1.78. The molecule has 0 saturated carbocycles. The van der Waals surface area contributed by atoms with Crippen LogP contribution in [-0.4, -0.2) is 57.4 Å². The van der Waals surface area contributed by atoms with Crippen LogP contribution in [0.3, 0.4) is 0 Å². The first-order valence-electron chi connectivity index (χ1n) is 11.1. The van der Waals surface area contributed by atoms with Crippen molar-refractivity contribution in [2.45, 2.75) is 12.5 Å². The molecule has 0 aliphatic rings. The van der Waals surface area contributed by atoms with Gasteiger partial charge in [0.2, 0.25) is 0 Å². The van der Waals surface area contributed by atoms with E-state index in [0.717, 1.165) is 17.1 Å². The minimum Gasteiger partial charge on any atom is -0.497 e. The molecule has 0 bridgehead atoms. The van der Waals surface area contributed by atoms with Crippen LogP contribution in [0.25, 0.3) is 0 Å². The molecule has 0 aromatic heterocycles. The molecule has 0 heterocycles. The van der Waals surface area contributed by atoms with Crippen LogP contribution in [0, 0.1) is 0 Å². The van der Waals surface area contributed by atoms with Crippen molar-refractivity contribution < 1.29 is 33.6 Å². The molecule has 3 rings (SSSR count). The molecule has 1 atom stereocenters. The Morgan fingerprint density at radius 1 is 0.800 bits per heavy atom. The molecule has 0 aliphatic heterocycles. The predicted octanol–water partition coefficient (Wildman–Crippen LogP) is 5.03. The Morgan fingerprint density at radius 3 is 1.94 bits per heavy atom. The summed E-state index contributed by atoms with van der Waals surface area (Å²) in [5.74, 6) is 2.94. The number of nitrogens with zero attached hydrogens (tertiary/aromatic N) is 1. The van der Waals surface area contributed by atoms with Crippen LogP contribution in [0.5, 0.6) is 34.5 Å². The molecule has 0 aliphatic carbocycles. The molecule has 0 fully saturated rings. The zero-order valence-electron chi connectivity index (χ0n) is 20.4. The molecule has 8 heteroatoms. The van der Waals surface area contributed by atoms with Crippen molar-refractivity contribution in [3.63, 3.8) is 0 Å². The Hall–Kier alpha value is -3.91. The first-order valence-corrected chi connectivity index (χ1v) is 11.1. The van der Waals surface area contributed by atoms with Crippen molar-refractivity contribution in [3.05, 3.63) is 72.3 Å². The van der Waals surface area contributed by atoms with Crippen molar-refractivity contribution in [1.82, 2.24) is 4.90 Å². The number of carboxylic acid groups (broad SMARTS) is 1. The smallest absolute Gasteiger partial charge is 0.317 e. The molecule has 186 valence electrons. The lowest BCUT2D eigenvalue weighted by atomic mass is 10.1. The van der Waals surface area contributed by atoms with Gasteiger partial charge in [0, 0.05) is 19.0 Å². The summed E-state index contributed by atoms with van der Waals surface area (Å²) in [5, 5.41) is 9.06. The number of aliphatic carboxylic acids is 1. The molecule has 3 aromatic rings. The van der Waals surface area contributed by atoms with Crippen molar-refractivity contribution in [2.75, 3.05) is 41.5 Å². The summed E-state index contributed by atoms with van der Waals surface area (Å²) in [4.78, 5) is 12.8. The van der Waals surface area contributed by atoms with Gasteiger partial charge in [-0.2, -0.15) is 0 Å². The Bertz CT molecular complexity index is 1080. The fraction of sp³-hybridized carbons (Fsp3) is 0.296. The van der Waals surface area contributed by atoms with Gasteiger partial charge >= 0.3 is 5.97 Å². The second kappa shape index (κ2) is 12.5. The summed E-state index contributed by atoms with van der Waals surface area (Å²) in [5.41, 5.74) is 0.951. The molecular formula is C27H31NO7. The maximum absolute atomic E-state index is 11.0. The number of methoxy groups -OCH3 is 3. The van der Waals surface area contributed by atoms with Gasteiger partial charge in [-0.05, 0) is 61.1 Å². The van der Waals surface area contributed by atoms with Crippen molar-refractivity contribution in [2.24, 2.45) is 0 Å². The van der Waals surface area contributed by atoms with Gasteiger partial charge in [-0.15, -0.1) is 0 Å². The molecule has 0 saturated heterocycles. The molecule has 0 spiro atoms. The zero-order chi connectivity index (χ0) is 25.2. The second-order valence-corrected chi connectivity index (χ2v) is 7.89. The van der Waals surface area contributed by atoms with Crippen LogP contribution in [0.1, 0.15) is 18.1 Å². The Morgan fingerprint density at radius 2 is 1.37 bits per heavy atom. The lowest BCUT2D eigenvalue weighted by molar-refractivity contribution is -0.138. The number of rotatable bonds is 13. The number of hydrogen-bond donors (Lipinski definition) is 1. The monoisotopic (exact) mass is 481 g/mol. The highest BCUT2D eigenvalue weighted by atomic mass is 16.5. The minimum atomic E-state index is -0.869. The first kappa shape index (κ1) is 25.7. The number of carboxylic acids is 1. The zero-order valence-corrected chi connectivity index (χ0v) is 20.4. The number of likely N-dealkylation sites (N-methyl/N-ethyl adjacent to an activating group) is 1. The van der Waals surface area contributed by atoms with Crippen LogP contribution in [0.15, 0.2) is 66.7 Å². The summed E-state index contributed by atoms with van der Waals surface area (Å²) in [6.45, 7) is 0.499. The van der Waals surface area contributed by atoms with Crippen molar-refractivity contribution >= 4 is 5.97 Å². The van der Waals surface area contributed by atoms with Crippen LogP contribution < -0.4 is 23.7 Å². The van der Waals surface area contributed by atoms with E-state index in [0.29, 0.717) is 36.0 Å². The average molecular weight is 482 g/mol. The van der Waals surface area contributed by atoms with Crippen LogP contribution in [0.4, 0.5) is 0 Å². The van der Waals surface area contributed by atoms with E-state index in [-0.39, 0.29) is 12.6 Å². The second-order valence-electron chi connectivity index (χ2n) is 7.89. The standard InChI is InChI=1S/C27H31NO7/c1-28(18-27(29)30)16-15-24(19-5-7-20(31-2)8-6-19)35-23-13-14-25(26(17-23)33-4)34-22-11-9-21(32-3)10-12-22/h5-14,17,24H,15-16,18H2,1-4H3,(H,29,30). The molecule has 35 heavy (non-hydrogen) atoms. The molecule has 0 radical (unpaired) electrons. The number of hydrogen-bond acceptors (Lipinski definition) is 7. The minimum absolute atomic E-state index is 0.0411. The maximum atomic E-state index is 11.0. The van der Waals surface area contributed by atoms with E-state index in [9.17, 15) is 4.79 Å². The van der Waals surface area contributed by atoms with Crippen LogP contribution in [-0.2, 0) is 4.79 Å². The largest absolute Gasteiger partial charge is 0.497 e. The van der Waals surface area contributed by atoms with E-state index in [1.807, 2.05) is 54.6 Å². The van der Waals surface area contributed by atoms with E-state index in [4.69, 9.17) is 28.8 Å². The van der Waals surface area contributed by atoms with E-state index in [1.165, 1.54) is 0 Å². The molecule has 1 N–H and O–H groups in total. The first-order chi connectivity index (χ1) is 16.9. The van der Waals surface area contributed by atoms with Gasteiger partial charge in [0.1, 0.15) is 29.1 Å². The van der Waals surface area contributed by atoms with E-state index >= 15 is 0 Å². The van der Waals surface area contributed by atoms with Gasteiger partial charge in [0.05, 0.1) is 27.9 Å². The Kier molecular flexibility index (Phi) is 9.20. The fourth-order valence-corrected chi connectivity index (χ4v) is 3.50. The van der Waals surface area contributed by atoms with Gasteiger partial charge in [-0.3, -0.25) is 9.69 Å². The third kappa shape index (κ3) is 7.55. The van der Waals surface area contributed by atoms with Crippen molar-refractivity contribution in [3.8, 4) is 34.5 Å². The summed E-state index contributed by atoms with van der Waals surface area (Å²) < 4.78 is 28.3. The average Bonchev–Trinajstić information content (AvgIpc) is 2.87. The van der Waals surface area contributed by atoms with Crippen LogP contribution in [0.2, 0.25) is 0 Å². The fourth-order valence-electron chi connectivity index (χ4n) is 3.50. The normalized spacial score (nSPS) is 11.6. The number of benzene rings is 3. The third-order valence-corrected chi connectivity index (χ3v) is 5.37. The van der Waals surface area contributed by atoms with Crippen LogP contribution >= 0.6 is 0 Å². The SMILES string of the molecule is COc1ccc(Oc2ccc(OC(CCN(C)CC(=O)O)c3ccc(OC)cc3)cc2OC)cc1. The highest BCUT2D eigenvalue weighted by Gasteiger charge is 2.17. The number of ether oxygens (including phenoxy) is 5. The molecule has 8 nitrogen and oxygen atoms in total. The maximum Gasteiger partial charge on any atom is 0.317 e. The van der Waals surface area contributed by atoms with E-state index < -0.39 is 5.97 Å². The number of carbonyl (C=O) groups is 1. The summed E-state index contributed by atoms with van der Waals surface area (Å²) in [6.07, 6.45) is 0.276. The van der Waals surface area contributed by atoms with Gasteiger partial charge in [-0.1, -0.05) is 12.1 Å². The lowest BCUT2D eigenvalue weighted by Gasteiger charge is -2.23. The van der Waals surface area contributed by atoms with Gasteiger partial charge in [0.25, 0.3) is 0 Å². The summed E-state index contributed by atoms with van der Waals surface area (Å²) >= 11 is 0. The summed E-state index contributed by atoms with van der Waals surface area (Å²) in [6, 6.07) is 20.3. The third-order valence-electron chi connectivity index (χ3n) is 5.37. The summed E-state index contributed by atoms with van der Waals surface area (Å²) in [7, 11) is 6.57. The Labute approximate surface area is 205 Å². The van der Waals surface area contributed by atoms with Gasteiger partial charge in [-0.25, -0.2) is 0 Å². The van der Waals surface area contributed by atoms with Crippen molar-refractivity contribution in [1.29, 1.82) is 0 Å². The lowest BCUT2D eigenvalue weighted by Crippen LogP contribution is -2.28. The quantitative estimate of drug-likeness (QED) is 0.364. The molecular weight excluding hydrogens is 450 g/mol.